The van der Waals surface area contributed by atoms with Crippen LogP contribution < -0.4 is 9.47 Å². The summed E-state index contributed by atoms with van der Waals surface area (Å²) in [7, 11) is 1.69. The molecule has 0 aliphatic heterocycles. The van der Waals surface area contributed by atoms with Gasteiger partial charge in [0.05, 0.1) is 24.9 Å². The lowest BCUT2D eigenvalue weighted by molar-refractivity contribution is 0.284. The Kier molecular flexibility index (Phi) is 9.43. The van der Waals surface area contributed by atoms with E-state index in [9.17, 15) is 0 Å². The molecular formula is C28H35NO2. The van der Waals surface area contributed by atoms with Crippen molar-refractivity contribution in [3.63, 3.8) is 0 Å². The molecule has 164 valence electrons. The predicted molar refractivity (Wildman–Crippen MR) is 132 cm³/mol. The second-order valence-electron chi connectivity index (χ2n) is 8.00. The van der Waals surface area contributed by atoms with Crippen molar-refractivity contribution in [3.8, 4) is 11.5 Å². The third kappa shape index (κ3) is 7.43. The fourth-order valence-electron chi connectivity index (χ4n) is 3.68. The predicted octanol–water partition coefficient (Wildman–Crippen LogP) is 7.93. The Hall–Kier alpha value is -2.81. The molecule has 0 bridgehead atoms. The van der Waals surface area contributed by atoms with Crippen LogP contribution in [0.3, 0.4) is 0 Å². The van der Waals surface area contributed by atoms with Crippen molar-refractivity contribution in [2.45, 2.75) is 58.3 Å². The first-order valence-electron chi connectivity index (χ1n) is 11.6. The fourth-order valence-corrected chi connectivity index (χ4v) is 3.68. The normalized spacial score (nSPS) is 11.3. The van der Waals surface area contributed by atoms with Crippen LogP contribution in [-0.2, 0) is 0 Å². The Balaban J connectivity index is 1.49. The van der Waals surface area contributed by atoms with Crippen LogP contribution >= 0.6 is 0 Å². The average Bonchev–Trinajstić information content (AvgIpc) is 2.82. The zero-order chi connectivity index (χ0) is 21.7. The highest BCUT2D eigenvalue weighted by atomic mass is 16.5. The Morgan fingerprint density at radius 2 is 1.55 bits per heavy atom. The van der Waals surface area contributed by atoms with Crippen LogP contribution in [0.5, 0.6) is 11.5 Å². The summed E-state index contributed by atoms with van der Waals surface area (Å²) in [5.41, 5.74) is 3.01. The number of unbranched alkanes of at least 4 members (excludes halogenated alkanes) is 7. The Labute approximate surface area is 187 Å². The molecule has 31 heavy (non-hydrogen) atoms. The van der Waals surface area contributed by atoms with Gasteiger partial charge in [-0.15, -0.1) is 0 Å². The number of methoxy groups -OCH3 is 1. The van der Waals surface area contributed by atoms with Crippen molar-refractivity contribution in [1.82, 2.24) is 4.98 Å². The topological polar surface area (TPSA) is 31.4 Å². The van der Waals surface area contributed by atoms with Crippen molar-refractivity contribution in [1.29, 1.82) is 0 Å². The number of fused-ring (bicyclic) bond motifs is 1. The van der Waals surface area contributed by atoms with E-state index in [-0.39, 0.29) is 0 Å². The lowest BCUT2D eigenvalue weighted by Crippen LogP contribution is -1.99. The summed E-state index contributed by atoms with van der Waals surface area (Å²) in [6.07, 6.45) is 14.5. The number of nitrogens with zero attached hydrogens (tertiary/aromatic N) is 1. The first-order valence-corrected chi connectivity index (χ1v) is 11.6. The minimum Gasteiger partial charge on any atom is -0.493 e. The van der Waals surface area contributed by atoms with Crippen LogP contribution in [0.15, 0.2) is 54.6 Å². The standard InChI is InChI=1S/C28H35NO2/c1-3-4-5-6-7-8-9-12-21-31-27-20-16-23(22-28(27)30-2)15-18-25-19-17-24-13-10-11-14-26(24)29-25/h10-11,13-20,22H,3-9,12,21H2,1-2H3. The first-order chi connectivity index (χ1) is 15.3. The third-order valence-corrected chi connectivity index (χ3v) is 5.51. The molecule has 1 aromatic heterocycles. The maximum Gasteiger partial charge on any atom is 0.161 e. The lowest BCUT2D eigenvalue weighted by atomic mass is 10.1. The SMILES string of the molecule is CCCCCCCCCCOc1ccc(C=Cc2ccc3ccccc3n2)cc1OC. The highest BCUT2D eigenvalue weighted by Gasteiger charge is 2.05. The molecule has 0 saturated heterocycles. The van der Waals surface area contributed by atoms with Gasteiger partial charge in [0, 0.05) is 5.39 Å². The van der Waals surface area contributed by atoms with Gasteiger partial charge in [0.2, 0.25) is 0 Å². The second kappa shape index (κ2) is 12.8. The van der Waals surface area contributed by atoms with Crippen LogP contribution in [-0.4, -0.2) is 18.7 Å². The number of benzene rings is 2. The summed E-state index contributed by atoms with van der Waals surface area (Å²) in [6.45, 7) is 3.00. The quantitative estimate of drug-likeness (QED) is 0.265. The molecule has 0 radical (unpaired) electrons. The van der Waals surface area contributed by atoms with Crippen molar-refractivity contribution in [3.05, 3.63) is 65.9 Å². The molecule has 0 aliphatic rings. The van der Waals surface area contributed by atoms with E-state index in [2.05, 4.69) is 31.2 Å². The van der Waals surface area contributed by atoms with E-state index in [0.29, 0.717) is 0 Å². The number of aromatic nitrogens is 1. The van der Waals surface area contributed by atoms with Gasteiger partial charge in [0.25, 0.3) is 0 Å². The number of hydrogen-bond donors (Lipinski definition) is 0. The molecule has 0 unspecified atom stereocenters. The van der Waals surface area contributed by atoms with E-state index in [1.54, 1.807) is 7.11 Å². The largest absolute Gasteiger partial charge is 0.493 e. The number of hydrogen-bond acceptors (Lipinski definition) is 3. The third-order valence-electron chi connectivity index (χ3n) is 5.51. The first kappa shape index (κ1) is 22.9. The van der Waals surface area contributed by atoms with Crippen molar-refractivity contribution < 1.29 is 9.47 Å². The van der Waals surface area contributed by atoms with Gasteiger partial charge in [-0.05, 0) is 42.3 Å². The molecule has 3 rings (SSSR count). The van der Waals surface area contributed by atoms with Crippen molar-refractivity contribution >= 4 is 23.1 Å². The Morgan fingerprint density at radius 1 is 0.774 bits per heavy atom. The van der Waals surface area contributed by atoms with Gasteiger partial charge in [-0.25, -0.2) is 4.98 Å². The molecule has 0 aliphatic carbocycles. The highest BCUT2D eigenvalue weighted by Crippen LogP contribution is 2.29. The maximum atomic E-state index is 5.98. The molecule has 0 saturated carbocycles. The Bertz CT molecular complexity index is 964. The summed E-state index contributed by atoms with van der Waals surface area (Å²) in [6, 6.07) is 18.4. The highest BCUT2D eigenvalue weighted by molar-refractivity contribution is 5.80. The zero-order valence-corrected chi connectivity index (χ0v) is 19.0. The summed E-state index contributed by atoms with van der Waals surface area (Å²) in [5.74, 6) is 1.58. The molecule has 1 heterocycles. The van der Waals surface area contributed by atoms with Gasteiger partial charge in [-0.2, -0.15) is 0 Å². The molecule has 3 nitrogen and oxygen atoms in total. The summed E-state index contributed by atoms with van der Waals surface area (Å²) < 4.78 is 11.5. The molecule has 0 fully saturated rings. The average molecular weight is 418 g/mol. The molecule has 0 N–H and O–H groups in total. The maximum absolute atomic E-state index is 5.98. The molecule has 0 amide bonds. The smallest absolute Gasteiger partial charge is 0.161 e. The Morgan fingerprint density at radius 3 is 2.35 bits per heavy atom. The zero-order valence-electron chi connectivity index (χ0n) is 19.0. The van der Waals surface area contributed by atoms with Gasteiger partial charge < -0.3 is 9.47 Å². The van der Waals surface area contributed by atoms with Crippen LogP contribution in [0.2, 0.25) is 0 Å². The van der Waals surface area contributed by atoms with E-state index < -0.39 is 0 Å². The number of para-hydroxylation sites is 1. The molecule has 3 heteroatoms. The van der Waals surface area contributed by atoms with Crippen molar-refractivity contribution in [2.24, 2.45) is 0 Å². The van der Waals surface area contributed by atoms with Crippen LogP contribution in [0, 0.1) is 0 Å². The molecule has 2 aromatic carbocycles. The van der Waals surface area contributed by atoms with Crippen molar-refractivity contribution in [2.75, 3.05) is 13.7 Å². The lowest BCUT2D eigenvalue weighted by Gasteiger charge is -2.11. The summed E-state index contributed by atoms with van der Waals surface area (Å²) >= 11 is 0. The molecule has 3 aromatic rings. The van der Waals surface area contributed by atoms with Gasteiger partial charge in [0.15, 0.2) is 11.5 Å². The van der Waals surface area contributed by atoms with E-state index in [4.69, 9.17) is 14.5 Å². The summed E-state index contributed by atoms with van der Waals surface area (Å²) in [4.78, 5) is 4.69. The van der Waals surface area contributed by atoms with Gasteiger partial charge >= 0.3 is 0 Å². The number of pyridine rings is 1. The van der Waals surface area contributed by atoms with E-state index in [0.717, 1.165) is 46.7 Å². The van der Waals surface area contributed by atoms with E-state index in [1.807, 2.05) is 42.5 Å². The second-order valence-corrected chi connectivity index (χ2v) is 8.00. The summed E-state index contributed by atoms with van der Waals surface area (Å²) in [5, 5.41) is 1.15. The van der Waals surface area contributed by atoms with Gasteiger partial charge in [-0.3, -0.25) is 0 Å². The van der Waals surface area contributed by atoms with Gasteiger partial charge in [-0.1, -0.05) is 88.3 Å². The fraction of sp³-hybridized carbons (Fsp3) is 0.393. The molecule has 0 spiro atoms. The number of ether oxygens (including phenoxy) is 2. The van der Waals surface area contributed by atoms with E-state index in [1.165, 1.54) is 44.9 Å². The van der Waals surface area contributed by atoms with Crippen LogP contribution in [0.4, 0.5) is 0 Å². The minimum absolute atomic E-state index is 0.738. The monoisotopic (exact) mass is 417 g/mol. The molecule has 0 atom stereocenters. The molecular weight excluding hydrogens is 382 g/mol. The minimum atomic E-state index is 0.738. The van der Waals surface area contributed by atoms with E-state index >= 15 is 0 Å². The van der Waals surface area contributed by atoms with Crippen LogP contribution in [0.25, 0.3) is 23.1 Å². The number of rotatable bonds is 13. The van der Waals surface area contributed by atoms with Gasteiger partial charge in [0.1, 0.15) is 0 Å². The van der Waals surface area contributed by atoms with Crippen LogP contribution in [0.1, 0.15) is 69.5 Å².